The molecule has 7 heteroatoms. The van der Waals surface area contributed by atoms with Crippen LogP contribution in [0.2, 0.25) is 0 Å². The fraction of sp³-hybridized carbons (Fsp3) is 0.133. The molecule has 6 nitrogen and oxygen atoms in total. The Morgan fingerprint density at radius 2 is 2.09 bits per heavy atom. The summed E-state index contributed by atoms with van der Waals surface area (Å²) in [6, 6.07) is 7.53. The Kier molecular flexibility index (Phi) is 2.93. The first kappa shape index (κ1) is 13.0. The van der Waals surface area contributed by atoms with Crippen LogP contribution >= 0.6 is 11.3 Å². The molecule has 1 aromatic carbocycles. The first-order valence-electron chi connectivity index (χ1n) is 6.66. The van der Waals surface area contributed by atoms with Crippen molar-refractivity contribution in [3.63, 3.8) is 0 Å². The number of hydrogen-bond donors (Lipinski definition) is 0. The van der Waals surface area contributed by atoms with Gasteiger partial charge in [-0.15, -0.1) is 21.5 Å². The zero-order valence-corrected chi connectivity index (χ0v) is 12.8. The highest BCUT2D eigenvalue weighted by molar-refractivity contribution is 7.15. The van der Waals surface area contributed by atoms with Crippen LogP contribution in [-0.2, 0) is 0 Å². The molecule has 0 bridgehead atoms. The highest BCUT2D eigenvalue weighted by Gasteiger charge is 2.18. The number of rotatable bonds is 3. The summed E-state index contributed by atoms with van der Waals surface area (Å²) in [6.45, 7) is 1.93. The molecule has 0 radical (unpaired) electrons. The van der Waals surface area contributed by atoms with E-state index in [4.69, 9.17) is 9.15 Å². The van der Waals surface area contributed by atoms with Crippen molar-refractivity contribution in [2.24, 2.45) is 0 Å². The van der Waals surface area contributed by atoms with Crippen LogP contribution in [-0.4, -0.2) is 26.7 Å². The van der Waals surface area contributed by atoms with Gasteiger partial charge in [-0.3, -0.25) is 4.40 Å². The number of ether oxygens (including phenoxy) is 1. The minimum absolute atomic E-state index is 0.457. The predicted octanol–water partition coefficient (Wildman–Crippen LogP) is 3.43. The number of fused-ring (bicyclic) bond motifs is 1. The van der Waals surface area contributed by atoms with Crippen molar-refractivity contribution in [1.29, 1.82) is 0 Å². The molecule has 4 aromatic rings. The standard InChI is InChI=1S/C15H12N4O2S/c1-9-12(19-6-7-22-15(19)16-9)14-18-17-13(21-14)10-4-3-5-11(8-10)20-2/h3-8H,1-2H3. The lowest BCUT2D eigenvalue weighted by Gasteiger charge is -2.00. The lowest BCUT2D eigenvalue weighted by molar-refractivity contribution is 0.415. The Morgan fingerprint density at radius 3 is 2.95 bits per heavy atom. The van der Waals surface area contributed by atoms with Crippen LogP contribution in [0.5, 0.6) is 5.75 Å². The molecular weight excluding hydrogens is 300 g/mol. The largest absolute Gasteiger partial charge is 0.497 e. The van der Waals surface area contributed by atoms with Gasteiger partial charge in [0.25, 0.3) is 5.89 Å². The SMILES string of the molecule is COc1cccc(-c2nnc(-c3c(C)nc4sccn34)o2)c1. The zero-order chi connectivity index (χ0) is 15.1. The van der Waals surface area contributed by atoms with E-state index in [0.717, 1.165) is 27.7 Å². The summed E-state index contributed by atoms with van der Waals surface area (Å²) in [6.07, 6.45) is 1.95. The summed E-state index contributed by atoms with van der Waals surface area (Å²) in [7, 11) is 1.63. The Labute approximate surface area is 130 Å². The minimum atomic E-state index is 0.457. The second kappa shape index (κ2) is 4.96. The van der Waals surface area contributed by atoms with Crippen molar-refractivity contribution in [3.8, 4) is 28.8 Å². The summed E-state index contributed by atoms with van der Waals surface area (Å²) in [5, 5.41) is 10.3. The smallest absolute Gasteiger partial charge is 0.266 e. The van der Waals surface area contributed by atoms with Crippen LogP contribution in [0.1, 0.15) is 5.69 Å². The molecule has 0 aliphatic carbocycles. The molecule has 0 aliphatic rings. The van der Waals surface area contributed by atoms with E-state index in [1.165, 1.54) is 0 Å². The van der Waals surface area contributed by atoms with E-state index in [9.17, 15) is 0 Å². The summed E-state index contributed by atoms with van der Waals surface area (Å²) in [5.41, 5.74) is 2.52. The zero-order valence-electron chi connectivity index (χ0n) is 12.0. The molecule has 22 heavy (non-hydrogen) atoms. The number of aromatic nitrogens is 4. The second-order valence-corrected chi connectivity index (χ2v) is 5.62. The number of nitrogens with zero attached hydrogens (tertiary/aromatic N) is 4. The molecule has 3 aromatic heterocycles. The molecule has 110 valence electrons. The van der Waals surface area contributed by atoms with Gasteiger partial charge in [-0.25, -0.2) is 4.98 Å². The second-order valence-electron chi connectivity index (χ2n) is 4.75. The highest BCUT2D eigenvalue weighted by Crippen LogP contribution is 2.29. The molecule has 4 rings (SSSR count). The minimum Gasteiger partial charge on any atom is -0.497 e. The molecule has 0 aliphatic heterocycles. The van der Waals surface area contributed by atoms with Gasteiger partial charge in [0.1, 0.15) is 11.4 Å². The van der Waals surface area contributed by atoms with E-state index < -0.39 is 0 Å². The van der Waals surface area contributed by atoms with Crippen molar-refractivity contribution in [2.45, 2.75) is 6.92 Å². The Hall–Kier alpha value is -2.67. The average molecular weight is 312 g/mol. The van der Waals surface area contributed by atoms with Crippen LogP contribution in [0.4, 0.5) is 0 Å². The fourth-order valence-corrected chi connectivity index (χ4v) is 3.10. The lowest BCUT2D eigenvalue weighted by atomic mass is 10.2. The number of methoxy groups -OCH3 is 1. The van der Waals surface area contributed by atoms with Gasteiger partial charge in [-0.1, -0.05) is 6.07 Å². The molecule has 0 unspecified atom stereocenters. The van der Waals surface area contributed by atoms with Crippen LogP contribution in [0, 0.1) is 6.92 Å². The maximum Gasteiger partial charge on any atom is 0.266 e. The molecule has 0 amide bonds. The Balaban J connectivity index is 1.81. The Morgan fingerprint density at radius 1 is 1.23 bits per heavy atom. The van der Waals surface area contributed by atoms with Crippen LogP contribution in [0.25, 0.3) is 28.0 Å². The van der Waals surface area contributed by atoms with Gasteiger partial charge in [-0.2, -0.15) is 0 Å². The number of hydrogen-bond acceptors (Lipinski definition) is 6. The summed E-state index contributed by atoms with van der Waals surface area (Å²) >= 11 is 1.57. The van der Waals surface area contributed by atoms with Gasteiger partial charge in [-0.05, 0) is 25.1 Å². The number of imidazole rings is 1. The van der Waals surface area contributed by atoms with Gasteiger partial charge >= 0.3 is 0 Å². The van der Waals surface area contributed by atoms with Crippen LogP contribution in [0.3, 0.4) is 0 Å². The summed E-state index contributed by atoms with van der Waals surface area (Å²) in [5.74, 6) is 1.66. The lowest BCUT2D eigenvalue weighted by Crippen LogP contribution is -1.86. The molecule has 0 N–H and O–H groups in total. The molecular formula is C15H12N4O2S. The van der Waals surface area contributed by atoms with Crippen molar-refractivity contribution >= 4 is 16.3 Å². The number of aryl methyl sites for hydroxylation is 1. The molecule has 3 heterocycles. The van der Waals surface area contributed by atoms with Gasteiger partial charge in [0, 0.05) is 17.1 Å². The maximum atomic E-state index is 5.84. The van der Waals surface area contributed by atoms with Gasteiger partial charge in [0.05, 0.1) is 12.8 Å². The molecule has 0 atom stereocenters. The average Bonchev–Trinajstić information content (AvgIpc) is 3.23. The monoisotopic (exact) mass is 312 g/mol. The maximum absolute atomic E-state index is 5.84. The van der Waals surface area contributed by atoms with E-state index >= 15 is 0 Å². The van der Waals surface area contributed by atoms with E-state index in [1.54, 1.807) is 18.4 Å². The third kappa shape index (κ3) is 1.98. The normalized spacial score (nSPS) is 11.2. The predicted molar refractivity (Wildman–Crippen MR) is 83.1 cm³/mol. The van der Waals surface area contributed by atoms with E-state index in [1.807, 2.05) is 47.2 Å². The number of thiazole rings is 1. The fourth-order valence-electron chi connectivity index (χ4n) is 2.34. The summed E-state index contributed by atoms with van der Waals surface area (Å²) < 4.78 is 13.0. The first-order valence-corrected chi connectivity index (χ1v) is 7.54. The third-order valence-corrected chi connectivity index (χ3v) is 4.14. The van der Waals surface area contributed by atoms with E-state index in [2.05, 4.69) is 15.2 Å². The first-order chi connectivity index (χ1) is 10.8. The van der Waals surface area contributed by atoms with Gasteiger partial charge in [0.2, 0.25) is 5.89 Å². The molecule has 0 saturated carbocycles. The van der Waals surface area contributed by atoms with Gasteiger partial charge < -0.3 is 9.15 Å². The molecule has 0 saturated heterocycles. The van der Waals surface area contributed by atoms with Crippen molar-refractivity contribution in [2.75, 3.05) is 7.11 Å². The topological polar surface area (TPSA) is 65.5 Å². The number of benzene rings is 1. The molecule has 0 fully saturated rings. The van der Waals surface area contributed by atoms with Crippen molar-refractivity contribution in [3.05, 3.63) is 41.5 Å². The van der Waals surface area contributed by atoms with Crippen LogP contribution < -0.4 is 4.74 Å². The van der Waals surface area contributed by atoms with Crippen LogP contribution in [0.15, 0.2) is 40.3 Å². The van der Waals surface area contributed by atoms with Crippen molar-refractivity contribution < 1.29 is 9.15 Å². The third-order valence-electron chi connectivity index (χ3n) is 3.38. The van der Waals surface area contributed by atoms with Crippen molar-refractivity contribution in [1.82, 2.24) is 19.6 Å². The summed E-state index contributed by atoms with van der Waals surface area (Å²) in [4.78, 5) is 5.40. The Bertz CT molecular complexity index is 953. The highest BCUT2D eigenvalue weighted by atomic mass is 32.1. The molecule has 0 spiro atoms. The van der Waals surface area contributed by atoms with Gasteiger partial charge in [0.15, 0.2) is 4.96 Å². The van der Waals surface area contributed by atoms with E-state index in [-0.39, 0.29) is 0 Å². The quantitative estimate of drug-likeness (QED) is 0.580. The van der Waals surface area contributed by atoms with E-state index in [0.29, 0.717) is 11.8 Å².